The predicted octanol–water partition coefficient (Wildman–Crippen LogP) is 2.79. The number of hydrogen-bond donors (Lipinski definition) is 2. The molecule has 0 bridgehead atoms. The van der Waals surface area contributed by atoms with E-state index in [1.54, 1.807) is 22.5 Å². The Morgan fingerprint density at radius 2 is 2.00 bits per heavy atom. The average Bonchev–Trinajstić information content (AvgIpc) is 2.67. The van der Waals surface area contributed by atoms with Crippen molar-refractivity contribution in [1.82, 2.24) is 14.9 Å². The van der Waals surface area contributed by atoms with Gasteiger partial charge in [0.15, 0.2) is 0 Å². The molecule has 1 amide bonds. The van der Waals surface area contributed by atoms with Crippen molar-refractivity contribution in [2.24, 2.45) is 5.41 Å². The molecule has 1 atom stereocenters. The van der Waals surface area contributed by atoms with Crippen LogP contribution in [0.2, 0.25) is 0 Å². The molecule has 0 spiro atoms. The fourth-order valence-electron chi connectivity index (χ4n) is 3.96. The maximum atomic E-state index is 13.0. The van der Waals surface area contributed by atoms with Gasteiger partial charge in [0.1, 0.15) is 0 Å². The van der Waals surface area contributed by atoms with E-state index >= 15 is 0 Å². The number of carbonyl (C=O) groups excluding carboxylic acids is 1. The molecular weight excluding hydrogens is 398 g/mol. The first-order chi connectivity index (χ1) is 12.8. The Labute approximate surface area is 174 Å². The molecule has 0 saturated carbocycles. The molecule has 2 N–H and O–H groups in total. The Morgan fingerprint density at radius 3 is 2.68 bits per heavy atom. The summed E-state index contributed by atoms with van der Waals surface area (Å²) in [6.45, 7) is 7.22. The molecule has 28 heavy (non-hydrogen) atoms. The monoisotopic (exact) mass is 429 g/mol. The highest BCUT2D eigenvalue weighted by Crippen LogP contribution is 2.27. The summed E-state index contributed by atoms with van der Waals surface area (Å²) in [5.41, 5.74) is 0.492. The van der Waals surface area contributed by atoms with Crippen LogP contribution in [0, 0.1) is 5.41 Å². The lowest BCUT2D eigenvalue weighted by Gasteiger charge is -2.34. The van der Waals surface area contributed by atoms with Crippen LogP contribution < -0.4 is 10.6 Å². The molecular formula is C20H32ClN3O3S. The van der Waals surface area contributed by atoms with Crippen molar-refractivity contribution in [3.8, 4) is 0 Å². The highest BCUT2D eigenvalue weighted by Gasteiger charge is 2.31. The number of benzene rings is 1. The highest BCUT2D eigenvalue weighted by molar-refractivity contribution is 7.89. The molecule has 2 saturated heterocycles. The van der Waals surface area contributed by atoms with Crippen LogP contribution in [0.15, 0.2) is 29.2 Å². The van der Waals surface area contributed by atoms with E-state index in [-0.39, 0.29) is 34.7 Å². The van der Waals surface area contributed by atoms with Gasteiger partial charge in [-0.2, -0.15) is 4.31 Å². The van der Waals surface area contributed by atoms with Gasteiger partial charge in [0, 0.05) is 24.7 Å². The third kappa shape index (κ3) is 5.26. The Hall–Kier alpha value is -1.15. The number of nitrogens with one attached hydrogen (secondary N) is 2. The minimum Gasteiger partial charge on any atom is -0.351 e. The van der Waals surface area contributed by atoms with E-state index in [4.69, 9.17) is 0 Å². The molecule has 3 rings (SSSR count). The third-order valence-electron chi connectivity index (χ3n) is 5.93. The van der Waals surface area contributed by atoms with Crippen LogP contribution in [0.1, 0.15) is 56.3 Å². The summed E-state index contributed by atoms with van der Waals surface area (Å²) in [5, 5.41) is 6.33. The van der Waals surface area contributed by atoms with Crippen LogP contribution in [0.5, 0.6) is 0 Å². The van der Waals surface area contributed by atoms with Gasteiger partial charge in [0.25, 0.3) is 5.91 Å². The topological polar surface area (TPSA) is 78.5 Å². The van der Waals surface area contributed by atoms with Gasteiger partial charge in [0.2, 0.25) is 10.0 Å². The van der Waals surface area contributed by atoms with Crippen molar-refractivity contribution < 1.29 is 13.2 Å². The second-order valence-electron chi connectivity index (χ2n) is 8.23. The lowest BCUT2D eigenvalue weighted by molar-refractivity contribution is 0.0922. The van der Waals surface area contributed by atoms with Gasteiger partial charge in [-0.1, -0.05) is 19.4 Å². The summed E-state index contributed by atoms with van der Waals surface area (Å²) in [6.07, 6.45) is 4.87. The number of amides is 1. The number of carbonyl (C=O) groups is 1. The SMILES string of the molecule is CC1CCCCN1S(=O)(=O)c1cccc(C(=O)NCC2(C)CCNCC2)c1.Cl. The van der Waals surface area contributed by atoms with E-state index in [9.17, 15) is 13.2 Å². The zero-order chi connectivity index (χ0) is 19.5. The van der Waals surface area contributed by atoms with Crippen LogP contribution in [0.25, 0.3) is 0 Å². The van der Waals surface area contributed by atoms with Gasteiger partial charge in [-0.3, -0.25) is 4.79 Å². The second kappa shape index (κ2) is 9.57. The van der Waals surface area contributed by atoms with E-state index in [0.717, 1.165) is 45.2 Å². The second-order valence-corrected chi connectivity index (χ2v) is 10.1. The van der Waals surface area contributed by atoms with Crippen molar-refractivity contribution in [2.45, 2.75) is 56.9 Å². The zero-order valence-corrected chi connectivity index (χ0v) is 18.4. The van der Waals surface area contributed by atoms with Crippen molar-refractivity contribution in [2.75, 3.05) is 26.2 Å². The van der Waals surface area contributed by atoms with Gasteiger partial charge in [-0.05, 0) is 69.3 Å². The Bertz CT molecular complexity index is 779. The van der Waals surface area contributed by atoms with Crippen LogP contribution in [0.4, 0.5) is 0 Å². The van der Waals surface area contributed by atoms with Crippen LogP contribution in [-0.2, 0) is 10.0 Å². The first-order valence-electron chi connectivity index (χ1n) is 9.93. The van der Waals surface area contributed by atoms with E-state index in [1.807, 2.05) is 6.92 Å². The Balaban J connectivity index is 0.00000280. The molecule has 6 nitrogen and oxygen atoms in total. The molecule has 1 aromatic carbocycles. The quantitative estimate of drug-likeness (QED) is 0.754. The van der Waals surface area contributed by atoms with Gasteiger partial charge in [-0.15, -0.1) is 12.4 Å². The smallest absolute Gasteiger partial charge is 0.251 e. The highest BCUT2D eigenvalue weighted by atomic mass is 35.5. The molecule has 0 radical (unpaired) electrons. The third-order valence-corrected chi connectivity index (χ3v) is 7.94. The number of piperidine rings is 2. The Morgan fingerprint density at radius 1 is 1.29 bits per heavy atom. The summed E-state index contributed by atoms with van der Waals surface area (Å²) >= 11 is 0. The zero-order valence-electron chi connectivity index (χ0n) is 16.7. The average molecular weight is 430 g/mol. The van der Waals surface area contributed by atoms with Crippen molar-refractivity contribution in [3.05, 3.63) is 29.8 Å². The number of rotatable bonds is 5. The first-order valence-corrected chi connectivity index (χ1v) is 11.4. The summed E-state index contributed by atoms with van der Waals surface area (Å²) in [7, 11) is -3.57. The van der Waals surface area contributed by atoms with Crippen molar-refractivity contribution >= 4 is 28.3 Å². The summed E-state index contributed by atoms with van der Waals surface area (Å²) in [6, 6.07) is 6.43. The normalized spacial score (nSPS) is 22.9. The molecule has 2 fully saturated rings. The lowest BCUT2D eigenvalue weighted by atomic mass is 9.81. The Kier molecular flexibility index (Phi) is 7.90. The minimum atomic E-state index is -3.57. The summed E-state index contributed by atoms with van der Waals surface area (Å²) < 4.78 is 27.6. The van der Waals surface area contributed by atoms with Gasteiger partial charge in [-0.25, -0.2) is 8.42 Å². The number of nitrogens with zero attached hydrogens (tertiary/aromatic N) is 1. The number of halogens is 1. The fourth-order valence-corrected chi connectivity index (χ4v) is 5.71. The van der Waals surface area contributed by atoms with Crippen molar-refractivity contribution in [1.29, 1.82) is 0 Å². The van der Waals surface area contributed by atoms with Crippen LogP contribution in [0.3, 0.4) is 0 Å². The molecule has 1 aromatic rings. The van der Waals surface area contributed by atoms with E-state index in [0.29, 0.717) is 18.7 Å². The van der Waals surface area contributed by atoms with E-state index < -0.39 is 10.0 Å². The molecule has 2 heterocycles. The predicted molar refractivity (Wildman–Crippen MR) is 113 cm³/mol. The first kappa shape index (κ1) is 23.1. The fraction of sp³-hybridized carbons (Fsp3) is 0.650. The summed E-state index contributed by atoms with van der Waals surface area (Å²) in [5.74, 6) is -0.210. The molecule has 2 aliphatic heterocycles. The standard InChI is InChI=1S/C20H31N3O3S.ClH/c1-16-6-3-4-13-23(16)27(25,26)18-8-5-7-17(14-18)19(24)22-15-20(2)9-11-21-12-10-20;/h5,7-8,14,16,21H,3-4,6,9-13,15H2,1-2H3,(H,22,24);1H. The maximum absolute atomic E-state index is 13.0. The lowest BCUT2D eigenvalue weighted by Crippen LogP contribution is -2.43. The van der Waals surface area contributed by atoms with E-state index in [2.05, 4.69) is 17.6 Å². The number of sulfonamides is 1. The minimum absolute atomic E-state index is 0. The van der Waals surface area contributed by atoms with Crippen LogP contribution >= 0.6 is 12.4 Å². The molecule has 158 valence electrons. The van der Waals surface area contributed by atoms with Crippen LogP contribution in [-0.4, -0.2) is 50.9 Å². The van der Waals surface area contributed by atoms with Crippen molar-refractivity contribution in [3.63, 3.8) is 0 Å². The maximum Gasteiger partial charge on any atom is 0.251 e. The van der Waals surface area contributed by atoms with Gasteiger partial charge in [0.05, 0.1) is 4.90 Å². The largest absolute Gasteiger partial charge is 0.351 e. The van der Waals surface area contributed by atoms with E-state index in [1.165, 1.54) is 6.07 Å². The number of hydrogen-bond acceptors (Lipinski definition) is 4. The molecule has 0 aromatic heterocycles. The molecule has 2 aliphatic rings. The molecule has 8 heteroatoms. The summed E-state index contributed by atoms with van der Waals surface area (Å²) in [4.78, 5) is 12.8. The van der Waals surface area contributed by atoms with Gasteiger partial charge >= 0.3 is 0 Å². The van der Waals surface area contributed by atoms with Gasteiger partial charge < -0.3 is 10.6 Å². The molecule has 0 aliphatic carbocycles. The molecule has 1 unspecified atom stereocenters.